The summed E-state index contributed by atoms with van der Waals surface area (Å²) in [6, 6.07) is 0. The Morgan fingerprint density at radius 2 is 1.02 bits per heavy atom. The first kappa shape index (κ1) is 36.2. The minimum Gasteiger partial charge on any atom is -0.465 e. The first-order valence-corrected chi connectivity index (χ1v) is 12.2. The molecule has 0 aliphatic rings. The van der Waals surface area contributed by atoms with Crippen LogP contribution in [0.25, 0.3) is 0 Å². The van der Waals surface area contributed by atoms with Gasteiger partial charge in [-0.2, -0.15) is 0 Å². The molecule has 0 radical (unpaired) electrons. The summed E-state index contributed by atoms with van der Waals surface area (Å²) in [7, 11) is 1.02. The zero-order chi connectivity index (χ0) is 30.9. The Labute approximate surface area is 240 Å². The molecule has 0 saturated heterocycles. The van der Waals surface area contributed by atoms with Crippen LogP contribution in [-0.2, 0) is 47.6 Å². The van der Waals surface area contributed by atoms with Gasteiger partial charge in [-0.25, -0.2) is 28.8 Å². The van der Waals surface area contributed by atoms with Gasteiger partial charge in [0.1, 0.15) is 33.0 Å². The summed E-state index contributed by atoms with van der Waals surface area (Å²) in [5.41, 5.74) is -0.946. The van der Waals surface area contributed by atoms with Crippen LogP contribution < -0.4 is 10.6 Å². The van der Waals surface area contributed by atoms with Crippen molar-refractivity contribution < 1.29 is 57.2 Å². The number of rotatable bonds is 16. The standard InChI is InChI=1S/C24H32Cl2N2O12/c1-14(2)18(29)36-9-7-27-22(33)39-12-24(5,11-38-21(32)17(26)16(25)20(31)35-6)13-40-23(34)28-8-10-37-19(30)15(3)4/h1,3,7-13H2,2,4-6H3,(H,27,33)(H,28,34). The highest BCUT2D eigenvalue weighted by Gasteiger charge is 2.32. The van der Waals surface area contributed by atoms with Crippen LogP contribution in [0.2, 0.25) is 0 Å². The van der Waals surface area contributed by atoms with E-state index in [2.05, 4.69) is 28.5 Å². The van der Waals surface area contributed by atoms with Crippen LogP contribution in [-0.4, -0.2) is 89.3 Å². The van der Waals surface area contributed by atoms with E-state index in [0.717, 1.165) is 7.11 Å². The number of carbonyl (C=O) groups excluding carboxylic acids is 6. The van der Waals surface area contributed by atoms with Gasteiger partial charge in [0.15, 0.2) is 10.1 Å². The number of ether oxygens (including phenoxy) is 6. The predicted molar refractivity (Wildman–Crippen MR) is 140 cm³/mol. The Bertz CT molecular complexity index is 975. The molecule has 0 aliphatic carbocycles. The highest BCUT2D eigenvalue weighted by Crippen LogP contribution is 2.22. The van der Waals surface area contributed by atoms with Crippen molar-refractivity contribution in [2.45, 2.75) is 20.8 Å². The second-order valence-corrected chi connectivity index (χ2v) is 9.10. The summed E-state index contributed by atoms with van der Waals surface area (Å²) in [4.78, 5) is 70.6. The molecular formula is C24H32Cl2N2O12. The highest BCUT2D eigenvalue weighted by molar-refractivity contribution is 6.53. The van der Waals surface area contributed by atoms with Crippen LogP contribution in [0.3, 0.4) is 0 Å². The number of nitrogens with one attached hydrogen (secondary N) is 2. The maximum absolute atomic E-state index is 12.2. The van der Waals surface area contributed by atoms with Gasteiger partial charge in [-0.1, -0.05) is 36.4 Å². The largest absolute Gasteiger partial charge is 0.465 e. The van der Waals surface area contributed by atoms with Gasteiger partial charge in [0.05, 0.1) is 25.6 Å². The molecule has 0 aromatic heterocycles. The molecule has 0 aliphatic heterocycles. The lowest BCUT2D eigenvalue weighted by Crippen LogP contribution is -2.40. The molecule has 0 fully saturated rings. The molecule has 2 N–H and O–H groups in total. The fourth-order valence-corrected chi connectivity index (χ4v) is 2.40. The smallest absolute Gasteiger partial charge is 0.407 e. The topological polar surface area (TPSA) is 182 Å². The van der Waals surface area contributed by atoms with Gasteiger partial charge in [0, 0.05) is 11.1 Å². The molecule has 0 spiro atoms. The minimum atomic E-state index is -1.32. The average Bonchev–Trinajstić information content (AvgIpc) is 2.92. The second kappa shape index (κ2) is 18.5. The zero-order valence-electron chi connectivity index (χ0n) is 22.5. The average molecular weight is 611 g/mol. The molecule has 0 rings (SSSR count). The number of methoxy groups -OCH3 is 1. The number of hydrogen-bond acceptors (Lipinski definition) is 12. The van der Waals surface area contributed by atoms with Crippen LogP contribution in [0.4, 0.5) is 9.59 Å². The lowest BCUT2D eigenvalue weighted by molar-refractivity contribution is -0.144. The second-order valence-electron chi connectivity index (χ2n) is 8.34. The van der Waals surface area contributed by atoms with Crippen LogP contribution in [0.15, 0.2) is 34.4 Å². The van der Waals surface area contributed by atoms with E-state index in [-0.39, 0.29) is 37.4 Å². The van der Waals surface area contributed by atoms with Crippen molar-refractivity contribution in [1.29, 1.82) is 0 Å². The number of carbonyl (C=O) groups is 6. The third-order valence-corrected chi connectivity index (χ3v) is 5.08. The molecule has 0 aromatic rings. The van der Waals surface area contributed by atoms with Crippen molar-refractivity contribution in [3.05, 3.63) is 34.4 Å². The Hall–Kier alpha value is -3.78. The van der Waals surface area contributed by atoms with E-state index >= 15 is 0 Å². The van der Waals surface area contributed by atoms with Crippen LogP contribution in [0.1, 0.15) is 20.8 Å². The molecule has 0 bridgehead atoms. The Balaban J connectivity index is 5.11. The Morgan fingerprint density at radius 1 is 0.650 bits per heavy atom. The van der Waals surface area contributed by atoms with Crippen molar-refractivity contribution in [3.8, 4) is 0 Å². The van der Waals surface area contributed by atoms with Gasteiger partial charge in [0.25, 0.3) is 0 Å². The van der Waals surface area contributed by atoms with Crippen molar-refractivity contribution in [2.75, 3.05) is 53.2 Å². The van der Waals surface area contributed by atoms with E-state index in [4.69, 9.17) is 46.9 Å². The maximum atomic E-state index is 12.2. The molecule has 0 aromatic carbocycles. The maximum Gasteiger partial charge on any atom is 0.407 e. The van der Waals surface area contributed by atoms with Crippen molar-refractivity contribution in [2.24, 2.45) is 5.41 Å². The summed E-state index contributed by atoms with van der Waals surface area (Å²) in [6.45, 7) is 9.39. The van der Waals surface area contributed by atoms with E-state index in [1.807, 2.05) is 0 Å². The van der Waals surface area contributed by atoms with Gasteiger partial charge in [0.2, 0.25) is 0 Å². The number of hydrogen-bond donors (Lipinski definition) is 2. The Morgan fingerprint density at radius 3 is 1.40 bits per heavy atom. The molecule has 224 valence electrons. The highest BCUT2D eigenvalue weighted by atomic mass is 35.5. The van der Waals surface area contributed by atoms with E-state index in [1.165, 1.54) is 20.8 Å². The number of amides is 2. The van der Waals surface area contributed by atoms with Gasteiger partial charge in [-0.15, -0.1) is 0 Å². The monoisotopic (exact) mass is 610 g/mol. The third kappa shape index (κ3) is 15.0. The molecule has 0 saturated carbocycles. The van der Waals surface area contributed by atoms with Crippen LogP contribution >= 0.6 is 23.2 Å². The minimum absolute atomic E-state index is 0.0785. The first-order chi connectivity index (χ1) is 18.6. The van der Waals surface area contributed by atoms with E-state index < -0.39 is 71.4 Å². The zero-order valence-corrected chi connectivity index (χ0v) is 24.0. The molecule has 2 amide bonds. The number of halogens is 2. The molecule has 16 heteroatoms. The SMILES string of the molecule is C=C(C)C(=O)OCCNC(=O)OCC(C)(COC(=O)NCCOC(=O)C(=C)C)COC(=O)C(Cl)=C(Cl)C(=O)OC. The molecule has 0 atom stereocenters. The molecule has 14 nitrogen and oxygen atoms in total. The van der Waals surface area contributed by atoms with Gasteiger partial charge >= 0.3 is 36.1 Å². The van der Waals surface area contributed by atoms with Crippen molar-refractivity contribution in [3.63, 3.8) is 0 Å². The van der Waals surface area contributed by atoms with Gasteiger partial charge in [-0.05, 0) is 20.8 Å². The first-order valence-electron chi connectivity index (χ1n) is 11.4. The lowest BCUT2D eigenvalue weighted by Gasteiger charge is -2.28. The molecule has 0 heterocycles. The normalized spacial score (nSPS) is 11.2. The number of alkyl carbamates (subject to hydrolysis) is 2. The van der Waals surface area contributed by atoms with E-state index in [1.54, 1.807) is 0 Å². The predicted octanol–water partition coefficient (Wildman–Crippen LogP) is 2.09. The summed E-state index contributed by atoms with van der Waals surface area (Å²) in [5.74, 6) is -3.53. The van der Waals surface area contributed by atoms with E-state index in [0.29, 0.717) is 0 Å². The lowest BCUT2D eigenvalue weighted by atomic mass is 9.94. The van der Waals surface area contributed by atoms with Crippen molar-refractivity contribution >= 4 is 59.3 Å². The van der Waals surface area contributed by atoms with Gasteiger partial charge in [-0.3, -0.25) is 0 Å². The summed E-state index contributed by atoms with van der Waals surface area (Å²) in [6.07, 6.45) is -1.83. The van der Waals surface area contributed by atoms with Crippen molar-refractivity contribution in [1.82, 2.24) is 10.6 Å². The van der Waals surface area contributed by atoms with E-state index in [9.17, 15) is 28.8 Å². The quantitative estimate of drug-likeness (QED) is 0.112. The fraction of sp³-hybridized carbons (Fsp3) is 0.500. The molecule has 40 heavy (non-hydrogen) atoms. The third-order valence-electron chi connectivity index (χ3n) is 4.30. The fourth-order valence-electron chi connectivity index (χ4n) is 2.12. The molecule has 0 unspecified atom stereocenters. The Kier molecular flexibility index (Phi) is 16.7. The summed E-state index contributed by atoms with van der Waals surface area (Å²) >= 11 is 11.4. The molecular weight excluding hydrogens is 579 g/mol. The van der Waals surface area contributed by atoms with Gasteiger partial charge < -0.3 is 39.1 Å². The number of esters is 4. The summed E-state index contributed by atoms with van der Waals surface area (Å²) in [5, 5.41) is 3.20. The van der Waals surface area contributed by atoms with Crippen LogP contribution in [0, 0.1) is 5.41 Å². The van der Waals surface area contributed by atoms with Crippen LogP contribution in [0.5, 0.6) is 0 Å². The summed E-state index contributed by atoms with van der Waals surface area (Å²) < 4.78 is 29.3.